The smallest absolute Gasteiger partial charge is 0.135 e. The molecule has 0 amide bonds. The second-order valence-electron chi connectivity index (χ2n) is 5.74. The van der Waals surface area contributed by atoms with Gasteiger partial charge < -0.3 is 10.6 Å². The van der Waals surface area contributed by atoms with E-state index >= 15 is 0 Å². The normalized spacial score (nSPS) is 17.5. The highest BCUT2D eigenvalue weighted by molar-refractivity contribution is 5.58. The Morgan fingerprint density at radius 1 is 1.11 bits per heavy atom. The van der Waals surface area contributed by atoms with E-state index in [1.165, 1.54) is 25.7 Å². The molecule has 1 aliphatic carbocycles. The minimum absolute atomic E-state index is 0.202. The van der Waals surface area contributed by atoms with Crippen molar-refractivity contribution in [2.24, 2.45) is 0 Å². The van der Waals surface area contributed by atoms with E-state index in [1.54, 1.807) is 0 Å². The van der Waals surface area contributed by atoms with Gasteiger partial charge in [0.25, 0.3) is 0 Å². The van der Waals surface area contributed by atoms with Crippen LogP contribution in [0.4, 0.5) is 11.6 Å². The van der Waals surface area contributed by atoms with Crippen LogP contribution < -0.4 is 10.6 Å². The molecule has 1 aromatic rings. The molecule has 106 valence electrons. The van der Waals surface area contributed by atoms with Crippen LogP contribution >= 0.6 is 0 Å². The summed E-state index contributed by atoms with van der Waals surface area (Å²) in [4.78, 5) is 9.26. The summed E-state index contributed by atoms with van der Waals surface area (Å²) in [6.07, 6.45) is 5.95. The van der Waals surface area contributed by atoms with Crippen molar-refractivity contribution < 1.29 is 0 Å². The van der Waals surface area contributed by atoms with E-state index in [0.29, 0.717) is 0 Å². The number of aromatic nitrogens is 2. The number of aryl methyl sites for hydroxylation is 1. The predicted molar refractivity (Wildman–Crippen MR) is 80.8 cm³/mol. The molecule has 0 unspecified atom stereocenters. The fourth-order valence-corrected chi connectivity index (χ4v) is 2.75. The summed E-state index contributed by atoms with van der Waals surface area (Å²) < 4.78 is 0. The third-order valence-corrected chi connectivity index (χ3v) is 3.98. The number of anilines is 2. The fourth-order valence-electron chi connectivity index (χ4n) is 2.75. The second-order valence-corrected chi connectivity index (χ2v) is 5.74. The molecular weight excluding hydrogens is 236 g/mol. The van der Waals surface area contributed by atoms with Crippen LogP contribution in [0.1, 0.15) is 57.8 Å². The van der Waals surface area contributed by atoms with Gasteiger partial charge in [-0.2, -0.15) is 0 Å². The molecule has 1 aliphatic rings. The third-order valence-electron chi connectivity index (χ3n) is 3.98. The minimum Gasteiger partial charge on any atom is -0.370 e. The van der Waals surface area contributed by atoms with Crippen molar-refractivity contribution in [1.29, 1.82) is 0 Å². The summed E-state index contributed by atoms with van der Waals surface area (Å²) >= 11 is 0. The highest BCUT2D eigenvalue weighted by Gasteiger charge is 2.29. The van der Waals surface area contributed by atoms with Gasteiger partial charge in [-0.1, -0.05) is 19.8 Å². The molecule has 4 nitrogen and oxygen atoms in total. The Morgan fingerprint density at radius 2 is 1.74 bits per heavy atom. The molecule has 1 saturated carbocycles. The quantitative estimate of drug-likeness (QED) is 0.852. The molecule has 1 fully saturated rings. The molecule has 1 heterocycles. The van der Waals surface area contributed by atoms with E-state index in [2.05, 4.69) is 48.3 Å². The zero-order chi connectivity index (χ0) is 13.9. The van der Waals surface area contributed by atoms with Gasteiger partial charge in [-0.3, -0.25) is 0 Å². The Labute approximate surface area is 116 Å². The molecule has 0 saturated heterocycles. The van der Waals surface area contributed by atoms with E-state index in [-0.39, 0.29) is 5.54 Å². The molecular formula is C15H26N4. The molecule has 0 atom stereocenters. The van der Waals surface area contributed by atoms with Crippen LogP contribution in [-0.2, 0) is 6.42 Å². The number of rotatable bonds is 5. The van der Waals surface area contributed by atoms with Crippen LogP contribution in [0.3, 0.4) is 0 Å². The van der Waals surface area contributed by atoms with Crippen LogP contribution in [0.2, 0.25) is 0 Å². The largest absolute Gasteiger partial charge is 0.370 e. The maximum atomic E-state index is 4.68. The highest BCUT2D eigenvalue weighted by atomic mass is 15.1. The van der Waals surface area contributed by atoms with Gasteiger partial charge in [-0.05, 0) is 33.6 Å². The average Bonchev–Trinajstić information content (AvgIpc) is 2.81. The van der Waals surface area contributed by atoms with Gasteiger partial charge in [0.15, 0.2) is 0 Å². The topological polar surface area (TPSA) is 49.8 Å². The van der Waals surface area contributed by atoms with Crippen LogP contribution in [0.25, 0.3) is 0 Å². The van der Waals surface area contributed by atoms with Crippen molar-refractivity contribution in [3.63, 3.8) is 0 Å². The van der Waals surface area contributed by atoms with Crippen LogP contribution in [0.5, 0.6) is 0 Å². The van der Waals surface area contributed by atoms with Gasteiger partial charge >= 0.3 is 0 Å². The number of nitrogens with zero attached hydrogens (tertiary/aromatic N) is 2. The molecule has 0 aliphatic heterocycles. The van der Waals surface area contributed by atoms with Crippen LogP contribution in [-0.4, -0.2) is 22.1 Å². The van der Waals surface area contributed by atoms with Crippen molar-refractivity contribution in [2.75, 3.05) is 17.2 Å². The number of hydrogen-bond acceptors (Lipinski definition) is 4. The number of hydrogen-bond donors (Lipinski definition) is 2. The maximum absolute atomic E-state index is 4.68. The first kappa shape index (κ1) is 14.1. The molecule has 0 bridgehead atoms. The zero-order valence-electron chi connectivity index (χ0n) is 12.6. The van der Waals surface area contributed by atoms with Crippen LogP contribution in [0, 0.1) is 6.92 Å². The van der Waals surface area contributed by atoms with E-state index in [4.69, 9.17) is 0 Å². The lowest BCUT2D eigenvalue weighted by Gasteiger charge is -2.27. The minimum atomic E-state index is 0.202. The Hall–Kier alpha value is -1.32. The summed E-state index contributed by atoms with van der Waals surface area (Å²) in [6, 6.07) is 0. The second kappa shape index (κ2) is 5.76. The molecule has 4 heteroatoms. The molecule has 0 radical (unpaired) electrons. The first-order chi connectivity index (χ1) is 9.08. The first-order valence-corrected chi connectivity index (χ1v) is 7.47. The summed E-state index contributed by atoms with van der Waals surface area (Å²) in [5.41, 5.74) is 1.33. The standard InChI is InChI=1S/C15H26N4/c1-5-12-17-13(16-6-2)11(3)14(18-12)19-15(4)9-7-8-10-15/h5-10H2,1-4H3,(H2,16,17,18,19). The van der Waals surface area contributed by atoms with Crippen molar-refractivity contribution in [3.05, 3.63) is 11.4 Å². The SMILES string of the molecule is CCNc1nc(CC)nc(NC2(C)CCCC2)c1C. The molecule has 2 rings (SSSR count). The van der Waals surface area contributed by atoms with Crippen LogP contribution in [0.15, 0.2) is 0 Å². The monoisotopic (exact) mass is 262 g/mol. The van der Waals surface area contributed by atoms with Crippen molar-refractivity contribution >= 4 is 11.6 Å². The van der Waals surface area contributed by atoms with E-state index in [9.17, 15) is 0 Å². The van der Waals surface area contributed by atoms with Gasteiger partial charge in [-0.25, -0.2) is 9.97 Å². The lowest BCUT2D eigenvalue weighted by Crippen LogP contribution is -2.32. The Kier molecular flexibility index (Phi) is 4.27. The third kappa shape index (κ3) is 3.17. The molecule has 19 heavy (non-hydrogen) atoms. The first-order valence-electron chi connectivity index (χ1n) is 7.47. The molecule has 1 aromatic heterocycles. The number of nitrogens with one attached hydrogen (secondary N) is 2. The average molecular weight is 262 g/mol. The lowest BCUT2D eigenvalue weighted by atomic mass is 10.0. The zero-order valence-corrected chi connectivity index (χ0v) is 12.6. The summed E-state index contributed by atoms with van der Waals surface area (Å²) in [5, 5.41) is 7.01. The van der Waals surface area contributed by atoms with Gasteiger partial charge in [0.05, 0.1) is 0 Å². The van der Waals surface area contributed by atoms with Crippen molar-refractivity contribution in [3.8, 4) is 0 Å². The molecule has 2 N–H and O–H groups in total. The van der Waals surface area contributed by atoms with Crippen molar-refractivity contribution in [1.82, 2.24) is 9.97 Å². The Balaban J connectivity index is 2.29. The fraction of sp³-hybridized carbons (Fsp3) is 0.733. The van der Waals surface area contributed by atoms with Gasteiger partial charge in [0.2, 0.25) is 0 Å². The van der Waals surface area contributed by atoms with Crippen molar-refractivity contribution in [2.45, 2.75) is 65.3 Å². The van der Waals surface area contributed by atoms with E-state index < -0.39 is 0 Å². The Morgan fingerprint density at radius 3 is 2.32 bits per heavy atom. The Bertz CT molecular complexity index is 436. The molecule has 0 spiro atoms. The summed E-state index contributed by atoms with van der Waals surface area (Å²) in [6.45, 7) is 9.48. The highest BCUT2D eigenvalue weighted by Crippen LogP contribution is 2.33. The van der Waals surface area contributed by atoms with Gasteiger partial charge in [0.1, 0.15) is 17.5 Å². The molecule has 0 aromatic carbocycles. The predicted octanol–water partition coefficient (Wildman–Crippen LogP) is 3.52. The summed E-state index contributed by atoms with van der Waals surface area (Å²) in [7, 11) is 0. The lowest BCUT2D eigenvalue weighted by molar-refractivity contribution is 0.530. The maximum Gasteiger partial charge on any atom is 0.135 e. The van der Waals surface area contributed by atoms with E-state index in [1.807, 2.05) is 0 Å². The van der Waals surface area contributed by atoms with Gasteiger partial charge in [0, 0.05) is 24.1 Å². The van der Waals surface area contributed by atoms with E-state index in [0.717, 1.165) is 36.0 Å². The summed E-state index contributed by atoms with van der Waals surface area (Å²) in [5.74, 6) is 2.89. The van der Waals surface area contributed by atoms with Gasteiger partial charge in [-0.15, -0.1) is 0 Å².